The SMILES string of the molecule is C/C(=N\OC(=O)N(CCC1NCCC1C)C(C)C)[C@H]1CC[C@H]2[C@@H]3CCC4=CC(=O)CC[C@]4(C)[C@H]3CC[C@]12C. The van der Waals surface area contributed by atoms with Crippen molar-refractivity contribution in [1.29, 1.82) is 0 Å². The Hall–Kier alpha value is -1.69. The molecule has 4 aliphatic carbocycles. The molecular formula is C32H51N3O3. The third-order valence-electron chi connectivity index (χ3n) is 12.0. The first-order valence-electron chi connectivity index (χ1n) is 15.5. The average Bonchev–Trinajstić information content (AvgIpc) is 3.45. The Morgan fingerprint density at radius 3 is 2.63 bits per heavy atom. The van der Waals surface area contributed by atoms with Crippen molar-refractivity contribution in [1.82, 2.24) is 10.2 Å². The largest absolute Gasteiger partial charge is 0.436 e. The van der Waals surface area contributed by atoms with Crippen molar-refractivity contribution in [3.05, 3.63) is 11.6 Å². The quantitative estimate of drug-likeness (QED) is 0.237. The van der Waals surface area contributed by atoms with Gasteiger partial charge in [-0.15, -0.1) is 0 Å². The van der Waals surface area contributed by atoms with E-state index >= 15 is 0 Å². The predicted octanol–water partition coefficient (Wildman–Crippen LogP) is 6.75. The summed E-state index contributed by atoms with van der Waals surface area (Å²) in [4.78, 5) is 32.7. The summed E-state index contributed by atoms with van der Waals surface area (Å²) in [7, 11) is 0. The number of fused-ring (bicyclic) bond motifs is 5. The van der Waals surface area contributed by atoms with Gasteiger partial charge in [0.2, 0.25) is 0 Å². The zero-order chi connectivity index (χ0) is 27.2. The molecular weight excluding hydrogens is 474 g/mol. The minimum absolute atomic E-state index is 0.0834. The van der Waals surface area contributed by atoms with Crippen molar-refractivity contribution in [2.75, 3.05) is 13.1 Å². The van der Waals surface area contributed by atoms with E-state index in [1.807, 2.05) is 11.0 Å². The van der Waals surface area contributed by atoms with E-state index in [2.05, 4.69) is 52.0 Å². The van der Waals surface area contributed by atoms with Crippen LogP contribution in [0.5, 0.6) is 0 Å². The first kappa shape index (κ1) is 27.9. The zero-order valence-corrected chi connectivity index (χ0v) is 24.7. The first-order valence-corrected chi connectivity index (χ1v) is 15.5. The topological polar surface area (TPSA) is 71.0 Å². The van der Waals surface area contributed by atoms with E-state index in [0.717, 1.165) is 43.9 Å². The lowest BCUT2D eigenvalue weighted by atomic mass is 9.46. The number of carbonyl (C=O) groups excluding carboxylic acids is 2. The van der Waals surface area contributed by atoms with Crippen LogP contribution in [0.2, 0.25) is 0 Å². The van der Waals surface area contributed by atoms with Gasteiger partial charge in [0.15, 0.2) is 5.78 Å². The van der Waals surface area contributed by atoms with E-state index in [-0.39, 0.29) is 23.0 Å². The molecule has 0 radical (unpaired) electrons. The number of nitrogens with one attached hydrogen (secondary N) is 1. The minimum atomic E-state index is -0.320. The van der Waals surface area contributed by atoms with Gasteiger partial charge in [-0.25, -0.2) is 4.79 Å². The van der Waals surface area contributed by atoms with Crippen molar-refractivity contribution in [2.24, 2.45) is 45.6 Å². The molecule has 212 valence electrons. The van der Waals surface area contributed by atoms with Gasteiger partial charge in [-0.1, -0.05) is 31.5 Å². The fourth-order valence-corrected chi connectivity index (χ4v) is 9.60. The van der Waals surface area contributed by atoms with Crippen molar-refractivity contribution >= 4 is 17.6 Å². The lowest BCUT2D eigenvalue weighted by molar-refractivity contribution is -0.117. The number of nitrogens with zero attached hydrogens (tertiary/aromatic N) is 2. The van der Waals surface area contributed by atoms with Gasteiger partial charge in [0, 0.05) is 31.0 Å². The molecule has 0 aromatic heterocycles. The van der Waals surface area contributed by atoms with Crippen LogP contribution in [0.15, 0.2) is 16.8 Å². The third kappa shape index (κ3) is 4.88. The fraction of sp³-hybridized carbons (Fsp3) is 0.844. The van der Waals surface area contributed by atoms with Gasteiger partial charge in [0.25, 0.3) is 0 Å². The predicted molar refractivity (Wildman–Crippen MR) is 152 cm³/mol. The number of rotatable bonds is 6. The van der Waals surface area contributed by atoms with Gasteiger partial charge in [0.05, 0.1) is 5.71 Å². The molecule has 1 N–H and O–H groups in total. The summed E-state index contributed by atoms with van der Waals surface area (Å²) >= 11 is 0. The Balaban J connectivity index is 1.24. The van der Waals surface area contributed by atoms with Crippen LogP contribution in [0, 0.1) is 40.4 Å². The molecule has 1 saturated heterocycles. The van der Waals surface area contributed by atoms with Crippen LogP contribution < -0.4 is 5.32 Å². The van der Waals surface area contributed by atoms with Crippen molar-refractivity contribution in [3.8, 4) is 0 Å². The Labute approximate surface area is 230 Å². The summed E-state index contributed by atoms with van der Waals surface area (Å²) in [6, 6.07) is 0.558. The highest BCUT2D eigenvalue weighted by Crippen LogP contribution is 2.66. The van der Waals surface area contributed by atoms with Gasteiger partial charge in [-0.05, 0) is 126 Å². The second-order valence-corrected chi connectivity index (χ2v) is 14.1. The van der Waals surface area contributed by atoms with Crippen LogP contribution in [-0.2, 0) is 9.63 Å². The minimum Gasteiger partial charge on any atom is -0.314 e. The van der Waals surface area contributed by atoms with Crippen molar-refractivity contribution in [3.63, 3.8) is 0 Å². The molecule has 3 saturated carbocycles. The second kappa shape index (κ2) is 10.7. The van der Waals surface area contributed by atoms with Crippen LogP contribution in [-0.4, -0.2) is 47.7 Å². The third-order valence-corrected chi connectivity index (χ3v) is 12.0. The Bertz CT molecular complexity index is 988. The Kier molecular flexibility index (Phi) is 7.85. The van der Waals surface area contributed by atoms with Gasteiger partial charge < -0.3 is 10.2 Å². The van der Waals surface area contributed by atoms with E-state index in [0.29, 0.717) is 48.5 Å². The summed E-state index contributed by atoms with van der Waals surface area (Å²) in [5.74, 6) is 3.47. The molecule has 1 heterocycles. The number of amides is 1. The summed E-state index contributed by atoms with van der Waals surface area (Å²) in [5.41, 5.74) is 2.85. The number of hydrogen-bond donors (Lipinski definition) is 1. The van der Waals surface area contributed by atoms with E-state index in [4.69, 9.17) is 4.84 Å². The van der Waals surface area contributed by atoms with Crippen LogP contribution in [0.1, 0.15) is 106 Å². The van der Waals surface area contributed by atoms with Crippen LogP contribution >= 0.6 is 0 Å². The molecule has 0 aromatic rings. The number of oxime groups is 1. The van der Waals surface area contributed by atoms with Gasteiger partial charge >= 0.3 is 6.09 Å². The molecule has 0 bridgehead atoms. The highest BCUT2D eigenvalue weighted by molar-refractivity contribution is 5.91. The summed E-state index contributed by atoms with van der Waals surface area (Å²) in [5, 5.41) is 8.07. The molecule has 5 aliphatic rings. The molecule has 1 aliphatic heterocycles. The van der Waals surface area contributed by atoms with Gasteiger partial charge in [0.1, 0.15) is 0 Å². The number of ketones is 1. The fourth-order valence-electron chi connectivity index (χ4n) is 9.60. The van der Waals surface area contributed by atoms with E-state index < -0.39 is 0 Å². The van der Waals surface area contributed by atoms with E-state index in [9.17, 15) is 9.59 Å². The lowest BCUT2D eigenvalue weighted by Crippen LogP contribution is -2.51. The van der Waals surface area contributed by atoms with Crippen molar-refractivity contribution < 1.29 is 14.4 Å². The van der Waals surface area contributed by atoms with Gasteiger partial charge in [-0.3, -0.25) is 9.63 Å². The highest BCUT2D eigenvalue weighted by Gasteiger charge is 2.59. The first-order chi connectivity index (χ1) is 18.0. The summed E-state index contributed by atoms with van der Waals surface area (Å²) in [6.07, 6.45) is 12.7. The molecule has 1 amide bonds. The monoisotopic (exact) mass is 525 g/mol. The summed E-state index contributed by atoms with van der Waals surface area (Å²) in [6.45, 7) is 15.2. The zero-order valence-electron chi connectivity index (χ0n) is 24.7. The van der Waals surface area contributed by atoms with E-state index in [1.165, 1.54) is 37.7 Å². The maximum atomic E-state index is 13.1. The number of hydrogen-bond acceptors (Lipinski definition) is 5. The molecule has 2 unspecified atom stereocenters. The molecule has 5 rings (SSSR count). The Morgan fingerprint density at radius 1 is 1.13 bits per heavy atom. The van der Waals surface area contributed by atoms with Gasteiger partial charge in [-0.2, -0.15) is 0 Å². The normalized spacial score (nSPS) is 40.9. The molecule has 38 heavy (non-hydrogen) atoms. The summed E-state index contributed by atoms with van der Waals surface area (Å²) < 4.78 is 0. The van der Waals surface area contributed by atoms with Crippen LogP contribution in [0.25, 0.3) is 0 Å². The average molecular weight is 526 g/mol. The maximum Gasteiger partial charge on any atom is 0.436 e. The number of carbonyl (C=O) groups is 2. The lowest BCUT2D eigenvalue weighted by Gasteiger charge is -2.58. The molecule has 4 fully saturated rings. The van der Waals surface area contributed by atoms with Crippen molar-refractivity contribution in [2.45, 2.75) is 118 Å². The van der Waals surface area contributed by atoms with Crippen LogP contribution in [0.4, 0.5) is 4.79 Å². The number of allylic oxidation sites excluding steroid dienone is 1. The van der Waals surface area contributed by atoms with E-state index in [1.54, 1.807) is 0 Å². The standard InChI is InChI=1S/C32H51N3O3/c1-20(2)35(18-14-29-21(3)13-17-33-29)30(37)38-34-22(4)26-9-10-27-25-8-7-23-19-24(36)11-15-31(23,5)28(25)12-16-32(26,27)6/h19-21,25-29,33H,7-18H2,1-6H3/b34-22+/t21?,25-,26+,27-,28-,29?,31-,32+/m0/s1. The molecule has 6 heteroatoms. The highest BCUT2D eigenvalue weighted by atomic mass is 16.7. The molecule has 8 atom stereocenters. The second-order valence-electron chi connectivity index (χ2n) is 14.1. The molecule has 6 nitrogen and oxygen atoms in total. The molecule has 0 aromatic carbocycles. The van der Waals surface area contributed by atoms with Crippen LogP contribution in [0.3, 0.4) is 0 Å². The molecule has 0 spiro atoms. The maximum absolute atomic E-state index is 13.1. The Morgan fingerprint density at radius 2 is 1.92 bits per heavy atom. The smallest absolute Gasteiger partial charge is 0.314 e.